The number of para-hydroxylation sites is 2. The smallest absolute Gasteiger partial charge is 0.256 e. The fraction of sp³-hybridized carbons (Fsp3) is 0.211. The Morgan fingerprint density at radius 1 is 0.409 bits per heavy atom. The minimum atomic E-state index is -3.33. The second-order valence-electron chi connectivity index (χ2n) is 11.8. The van der Waals surface area contributed by atoms with Gasteiger partial charge in [-0.1, -0.05) is 131 Å². The maximum Gasteiger partial charge on any atom is 0.256 e. The molecule has 0 aliphatic heterocycles. The Bertz CT molecular complexity index is 1610. The molecule has 0 aliphatic carbocycles. The van der Waals surface area contributed by atoms with Gasteiger partial charge in [0.25, 0.3) is 14.7 Å². The average molecular weight is 623 g/mol. The summed E-state index contributed by atoms with van der Waals surface area (Å²) in [5.74, 6) is 0.676. The summed E-state index contributed by atoms with van der Waals surface area (Å²) >= 11 is 0. The van der Waals surface area contributed by atoms with E-state index in [4.69, 9.17) is 9.05 Å². The highest BCUT2D eigenvalue weighted by Gasteiger charge is 2.31. The van der Waals surface area contributed by atoms with E-state index in [9.17, 15) is 9.13 Å². The summed E-state index contributed by atoms with van der Waals surface area (Å²) < 4.78 is 42.6. The first-order valence-corrected chi connectivity index (χ1v) is 18.9. The van der Waals surface area contributed by atoms with E-state index in [2.05, 4.69) is 0 Å². The van der Waals surface area contributed by atoms with Crippen molar-refractivity contribution in [2.75, 3.05) is 0 Å². The van der Waals surface area contributed by atoms with Crippen molar-refractivity contribution in [3.05, 3.63) is 166 Å². The van der Waals surface area contributed by atoms with E-state index >= 15 is 0 Å². The van der Waals surface area contributed by atoms with Crippen molar-refractivity contribution in [2.45, 2.75) is 52.3 Å². The molecule has 5 rings (SSSR count). The fourth-order valence-electron chi connectivity index (χ4n) is 5.56. The van der Waals surface area contributed by atoms with Crippen LogP contribution in [0.15, 0.2) is 121 Å². The summed E-state index contributed by atoms with van der Waals surface area (Å²) in [7, 11) is -6.67. The Morgan fingerprint density at radius 2 is 0.682 bits per heavy atom. The average Bonchev–Trinajstić information content (AvgIpc) is 2.94. The second kappa shape index (κ2) is 13.9. The summed E-state index contributed by atoms with van der Waals surface area (Å²) in [6.45, 7) is 8.11. The number of hydrogen-bond acceptors (Lipinski definition) is 4. The zero-order valence-electron chi connectivity index (χ0n) is 25.9. The van der Waals surface area contributed by atoms with Crippen molar-refractivity contribution in [1.82, 2.24) is 0 Å². The van der Waals surface area contributed by atoms with Crippen LogP contribution in [0.2, 0.25) is 0 Å². The van der Waals surface area contributed by atoms with Gasteiger partial charge in [0.15, 0.2) is 11.5 Å². The van der Waals surface area contributed by atoms with Crippen LogP contribution in [0.5, 0.6) is 11.5 Å². The van der Waals surface area contributed by atoms with Gasteiger partial charge in [-0.25, -0.2) is 0 Å². The predicted molar refractivity (Wildman–Crippen MR) is 182 cm³/mol. The van der Waals surface area contributed by atoms with Gasteiger partial charge in [0, 0.05) is 0 Å². The van der Waals surface area contributed by atoms with E-state index in [1.807, 2.05) is 137 Å². The van der Waals surface area contributed by atoms with E-state index in [0.717, 1.165) is 44.5 Å². The van der Waals surface area contributed by atoms with Gasteiger partial charge < -0.3 is 9.05 Å². The second-order valence-corrected chi connectivity index (χ2v) is 16.7. The molecule has 44 heavy (non-hydrogen) atoms. The standard InChI is InChI=1S/C38H40O4P2/c1-29-11-7-15-33(21-29)25-43(39,26-34-16-8-12-30(2)22-34)41-37-19-5-6-20-38(37)42-44(40,27-35-17-9-13-31(3)23-35)28-36-18-10-14-32(4)24-36/h5-24H,25-28H2,1-4H3. The minimum absolute atomic E-state index is 0.265. The number of rotatable bonds is 12. The van der Waals surface area contributed by atoms with Gasteiger partial charge in [-0.15, -0.1) is 0 Å². The molecule has 226 valence electrons. The summed E-state index contributed by atoms with van der Waals surface area (Å²) in [6.07, 6.45) is 1.06. The minimum Gasteiger partial charge on any atom is -0.438 e. The van der Waals surface area contributed by atoms with E-state index < -0.39 is 14.7 Å². The maximum atomic E-state index is 14.8. The third-order valence-corrected chi connectivity index (χ3v) is 11.8. The van der Waals surface area contributed by atoms with Crippen LogP contribution in [0.4, 0.5) is 0 Å². The van der Waals surface area contributed by atoms with Gasteiger partial charge in [-0.3, -0.25) is 9.13 Å². The molecule has 5 aromatic rings. The van der Waals surface area contributed by atoms with Crippen LogP contribution in [0.25, 0.3) is 0 Å². The Morgan fingerprint density at radius 3 is 0.932 bits per heavy atom. The molecule has 0 amide bonds. The Balaban J connectivity index is 1.50. The summed E-state index contributed by atoms with van der Waals surface area (Å²) in [4.78, 5) is 0. The normalized spacial score (nSPS) is 11.7. The SMILES string of the molecule is Cc1cccc(CP(=O)(Cc2cccc(C)c2)Oc2ccccc2OP(=O)(Cc2cccc(C)c2)Cc2cccc(C)c2)c1. The molecule has 4 nitrogen and oxygen atoms in total. The van der Waals surface area contributed by atoms with Crippen molar-refractivity contribution >= 4 is 14.7 Å². The van der Waals surface area contributed by atoms with E-state index in [1.165, 1.54) is 0 Å². The molecule has 0 aliphatic rings. The molecule has 0 fully saturated rings. The van der Waals surface area contributed by atoms with Gasteiger partial charge in [-0.05, 0) is 62.1 Å². The molecule has 0 spiro atoms. The summed E-state index contributed by atoms with van der Waals surface area (Å²) in [6, 6.07) is 39.3. The van der Waals surface area contributed by atoms with Gasteiger partial charge in [-0.2, -0.15) is 0 Å². The molecule has 0 atom stereocenters. The lowest BCUT2D eigenvalue weighted by Crippen LogP contribution is -2.05. The van der Waals surface area contributed by atoms with Crippen LogP contribution in [0.1, 0.15) is 44.5 Å². The molecule has 5 aromatic carbocycles. The topological polar surface area (TPSA) is 52.6 Å². The Kier molecular flexibility index (Phi) is 9.94. The maximum absolute atomic E-state index is 14.8. The van der Waals surface area contributed by atoms with Crippen molar-refractivity contribution in [1.29, 1.82) is 0 Å². The molecule has 0 N–H and O–H groups in total. The molecule has 0 heterocycles. The zero-order chi connectivity index (χ0) is 31.2. The molecule has 0 unspecified atom stereocenters. The number of benzene rings is 5. The molecule has 0 saturated heterocycles. The molecule has 6 heteroatoms. The molecular formula is C38H40O4P2. The van der Waals surface area contributed by atoms with Gasteiger partial charge >= 0.3 is 0 Å². The van der Waals surface area contributed by atoms with Crippen molar-refractivity contribution in [2.24, 2.45) is 0 Å². The Hall–Kier alpha value is -3.84. The van der Waals surface area contributed by atoms with Gasteiger partial charge in [0.05, 0.1) is 24.6 Å². The first-order chi connectivity index (χ1) is 21.1. The van der Waals surface area contributed by atoms with Crippen LogP contribution in [-0.4, -0.2) is 0 Å². The van der Waals surface area contributed by atoms with Crippen LogP contribution in [-0.2, 0) is 33.8 Å². The first-order valence-electron chi connectivity index (χ1n) is 14.9. The van der Waals surface area contributed by atoms with Crippen LogP contribution in [0, 0.1) is 27.7 Å². The zero-order valence-corrected chi connectivity index (χ0v) is 27.7. The van der Waals surface area contributed by atoms with Crippen LogP contribution >= 0.6 is 14.7 Å². The molecule has 0 aromatic heterocycles. The van der Waals surface area contributed by atoms with Crippen LogP contribution < -0.4 is 9.05 Å². The van der Waals surface area contributed by atoms with Gasteiger partial charge in [0.1, 0.15) is 0 Å². The molecular weight excluding hydrogens is 582 g/mol. The first kappa shape index (κ1) is 31.6. The number of hydrogen-bond donors (Lipinski definition) is 0. The summed E-state index contributed by atoms with van der Waals surface area (Å²) in [5, 5.41) is 0. The van der Waals surface area contributed by atoms with Gasteiger partial charge in [0.2, 0.25) is 0 Å². The van der Waals surface area contributed by atoms with E-state index in [1.54, 1.807) is 12.1 Å². The molecule has 0 saturated carbocycles. The highest BCUT2D eigenvalue weighted by molar-refractivity contribution is 7.58. The predicted octanol–water partition coefficient (Wildman–Crippen LogP) is 11.0. The van der Waals surface area contributed by atoms with Crippen molar-refractivity contribution in [3.8, 4) is 11.5 Å². The lowest BCUT2D eigenvalue weighted by Gasteiger charge is -2.25. The lowest BCUT2D eigenvalue weighted by molar-refractivity contribution is 0.443. The van der Waals surface area contributed by atoms with E-state index in [0.29, 0.717) is 11.5 Å². The largest absolute Gasteiger partial charge is 0.438 e. The lowest BCUT2D eigenvalue weighted by atomic mass is 10.2. The van der Waals surface area contributed by atoms with Crippen molar-refractivity contribution < 1.29 is 18.2 Å². The third kappa shape index (κ3) is 8.85. The van der Waals surface area contributed by atoms with Crippen molar-refractivity contribution in [3.63, 3.8) is 0 Å². The fourth-order valence-corrected chi connectivity index (χ4v) is 10.1. The third-order valence-electron chi connectivity index (χ3n) is 7.40. The van der Waals surface area contributed by atoms with E-state index in [-0.39, 0.29) is 24.6 Å². The van der Waals surface area contributed by atoms with Crippen LogP contribution in [0.3, 0.4) is 0 Å². The molecule has 0 radical (unpaired) electrons. The summed E-state index contributed by atoms with van der Waals surface area (Å²) in [5.41, 5.74) is 8.19. The highest BCUT2D eigenvalue weighted by Crippen LogP contribution is 2.58. The quantitative estimate of drug-likeness (QED) is 0.130. The highest BCUT2D eigenvalue weighted by atomic mass is 31.2. The number of aryl methyl sites for hydroxylation is 4. The molecule has 0 bridgehead atoms. The monoisotopic (exact) mass is 622 g/mol. The Labute approximate surface area is 262 Å².